The highest BCUT2D eigenvalue weighted by atomic mass is 16.5. The van der Waals surface area contributed by atoms with Gasteiger partial charge in [-0.1, -0.05) is 18.2 Å². The zero-order valence-electron chi connectivity index (χ0n) is 10.1. The van der Waals surface area contributed by atoms with Crippen LogP contribution in [-0.2, 0) is 9.53 Å². The summed E-state index contributed by atoms with van der Waals surface area (Å²) in [5, 5.41) is 3.38. The first-order chi connectivity index (χ1) is 8.79. The molecule has 4 nitrogen and oxygen atoms in total. The fraction of sp³-hybridized carbons (Fsp3) is 0.286. The molecule has 1 aromatic carbocycles. The molecule has 3 rings (SSSR count). The Balaban J connectivity index is 1.92. The minimum Gasteiger partial charge on any atom is -0.461 e. The Morgan fingerprint density at radius 3 is 3.11 bits per heavy atom. The van der Waals surface area contributed by atoms with Gasteiger partial charge in [-0.25, -0.2) is 4.79 Å². The normalized spacial score (nSPS) is 23.7. The largest absolute Gasteiger partial charge is 0.461 e. The molecule has 1 N–H and O–H groups in total. The minimum absolute atomic E-state index is 0.139. The molecule has 2 aliphatic rings. The molecule has 18 heavy (non-hydrogen) atoms. The Labute approximate surface area is 105 Å². The Bertz CT molecular complexity index is 548. The van der Waals surface area contributed by atoms with E-state index in [1.54, 1.807) is 13.1 Å². The highest BCUT2D eigenvalue weighted by molar-refractivity contribution is 5.93. The monoisotopic (exact) mass is 242 g/mol. The van der Waals surface area contributed by atoms with Crippen LogP contribution in [0, 0.1) is 0 Å². The van der Waals surface area contributed by atoms with Crippen molar-refractivity contribution in [3.8, 4) is 0 Å². The summed E-state index contributed by atoms with van der Waals surface area (Å²) < 4.78 is 4.98. The fourth-order valence-corrected chi connectivity index (χ4v) is 2.40. The van der Waals surface area contributed by atoms with Gasteiger partial charge in [0.15, 0.2) is 0 Å². The van der Waals surface area contributed by atoms with Gasteiger partial charge in [-0.15, -0.1) is 0 Å². The van der Waals surface area contributed by atoms with E-state index in [1.807, 2.05) is 24.3 Å². The van der Waals surface area contributed by atoms with Crippen LogP contribution < -0.4 is 5.32 Å². The molecule has 2 unspecified atom stereocenters. The van der Waals surface area contributed by atoms with Crippen molar-refractivity contribution in [1.82, 2.24) is 0 Å². The molecular weight excluding hydrogens is 228 g/mol. The second kappa shape index (κ2) is 4.29. The molecule has 4 heteroatoms. The molecule has 0 spiro atoms. The van der Waals surface area contributed by atoms with Crippen LogP contribution in [0.2, 0.25) is 0 Å². The number of carbonyl (C=O) groups excluding carboxylic acids is 1. The number of anilines is 1. The molecular formula is C14H14N2O2. The molecule has 1 aromatic rings. The standard InChI is InChI=1S/C14H14N2O2/c1-2-18-14(17)12-7-10-9-5-3-4-6-11(9)16-13(10)8-15-12/h3-8,10,13,16H,2H2,1H3. The summed E-state index contributed by atoms with van der Waals surface area (Å²) in [6.45, 7) is 2.16. The van der Waals surface area contributed by atoms with E-state index >= 15 is 0 Å². The third kappa shape index (κ3) is 1.70. The highest BCUT2D eigenvalue weighted by Crippen LogP contribution is 2.38. The summed E-state index contributed by atoms with van der Waals surface area (Å²) in [7, 11) is 0. The van der Waals surface area contributed by atoms with Crippen molar-refractivity contribution in [3.05, 3.63) is 41.6 Å². The molecule has 0 amide bonds. The molecule has 0 bridgehead atoms. The lowest BCUT2D eigenvalue weighted by molar-refractivity contribution is -0.138. The van der Waals surface area contributed by atoms with Crippen LogP contribution in [0.3, 0.4) is 0 Å². The van der Waals surface area contributed by atoms with Gasteiger partial charge in [-0.2, -0.15) is 0 Å². The summed E-state index contributed by atoms with van der Waals surface area (Å²) in [6.07, 6.45) is 3.68. The number of aliphatic imine (C=N–C) groups is 1. The van der Waals surface area contributed by atoms with Crippen molar-refractivity contribution >= 4 is 17.9 Å². The van der Waals surface area contributed by atoms with Gasteiger partial charge in [-0.05, 0) is 24.6 Å². The lowest BCUT2D eigenvalue weighted by Gasteiger charge is -2.17. The smallest absolute Gasteiger partial charge is 0.356 e. The molecule has 0 fully saturated rings. The van der Waals surface area contributed by atoms with Crippen molar-refractivity contribution in [3.63, 3.8) is 0 Å². The van der Waals surface area contributed by atoms with E-state index in [-0.39, 0.29) is 17.9 Å². The number of esters is 1. The molecule has 2 atom stereocenters. The summed E-state index contributed by atoms with van der Waals surface area (Å²) in [6, 6.07) is 8.26. The lowest BCUT2D eigenvalue weighted by atomic mass is 9.93. The van der Waals surface area contributed by atoms with Gasteiger partial charge in [0.05, 0.1) is 12.6 Å². The van der Waals surface area contributed by atoms with Crippen molar-refractivity contribution in [1.29, 1.82) is 0 Å². The summed E-state index contributed by atoms with van der Waals surface area (Å²) in [4.78, 5) is 15.8. The second-order valence-electron chi connectivity index (χ2n) is 4.33. The molecule has 0 saturated carbocycles. The van der Waals surface area contributed by atoms with Gasteiger partial charge in [0, 0.05) is 17.8 Å². The van der Waals surface area contributed by atoms with E-state index in [4.69, 9.17) is 4.74 Å². The number of hydrogen-bond acceptors (Lipinski definition) is 4. The summed E-state index contributed by atoms with van der Waals surface area (Å²) in [5.41, 5.74) is 2.72. The van der Waals surface area contributed by atoms with Gasteiger partial charge in [0.25, 0.3) is 0 Å². The molecule has 92 valence electrons. The van der Waals surface area contributed by atoms with Crippen LogP contribution in [0.4, 0.5) is 5.69 Å². The van der Waals surface area contributed by atoms with E-state index in [0.717, 1.165) is 5.69 Å². The Morgan fingerprint density at radius 2 is 2.28 bits per heavy atom. The first-order valence-electron chi connectivity index (χ1n) is 6.08. The van der Waals surface area contributed by atoms with Crippen molar-refractivity contribution in [2.45, 2.75) is 18.9 Å². The number of hydrogen-bond donors (Lipinski definition) is 1. The average Bonchev–Trinajstić information content (AvgIpc) is 2.76. The predicted octanol–water partition coefficient (Wildman–Crippen LogP) is 2.10. The van der Waals surface area contributed by atoms with Crippen molar-refractivity contribution in [2.24, 2.45) is 4.99 Å². The van der Waals surface area contributed by atoms with E-state index in [9.17, 15) is 4.79 Å². The Kier molecular flexibility index (Phi) is 2.63. The number of carbonyl (C=O) groups is 1. The maximum absolute atomic E-state index is 11.7. The summed E-state index contributed by atoms with van der Waals surface area (Å²) >= 11 is 0. The predicted molar refractivity (Wildman–Crippen MR) is 69.8 cm³/mol. The topological polar surface area (TPSA) is 50.7 Å². The maximum atomic E-state index is 11.7. The van der Waals surface area contributed by atoms with Gasteiger partial charge in [0.2, 0.25) is 0 Å². The lowest BCUT2D eigenvalue weighted by Crippen LogP contribution is -2.25. The van der Waals surface area contributed by atoms with Gasteiger partial charge in [-0.3, -0.25) is 4.99 Å². The number of rotatable bonds is 2. The zero-order valence-corrected chi connectivity index (χ0v) is 10.1. The van der Waals surface area contributed by atoms with E-state index in [2.05, 4.69) is 16.4 Å². The molecule has 0 aromatic heterocycles. The quantitative estimate of drug-likeness (QED) is 0.808. The molecule has 0 aliphatic carbocycles. The van der Waals surface area contributed by atoms with Crippen LogP contribution >= 0.6 is 0 Å². The second-order valence-corrected chi connectivity index (χ2v) is 4.33. The third-order valence-electron chi connectivity index (χ3n) is 3.23. The number of benzene rings is 1. The average molecular weight is 242 g/mol. The van der Waals surface area contributed by atoms with Crippen LogP contribution in [0.1, 0.15) is 18.4 Å². The SMILES string of the molecule is CCOC(=O)C1=CC2c3ccccc3NC2C=N1. The van der Waals surface area contributed by atoms with Crippen LogP contribution in [0.15, 0.2) is 41.0 Å². The molecule has 0 radical (unpaired) electrons. The number of nitrogens with one attached hydrogen (secondary N) is 1. The van der Waals surface area contributed by atoms with Crippen molar-refractivity contribution in [2.75, 3.05) is 11.9 Å². The van der Waals surface area contributed by atoms with Crippen LogP contribution in [0.25, 0.3) is 0 Å². The Hall–Kier alpha value is -2.10. The number of ether oxygens (including phenoxy) is 1. The number of nitrogens with zero attached hydrogens (tertiary/aromatic N) is 1. The van der Waals surface area contributed by atoms with E-state index in [1.165, 1.54) is 5.56 Å². The van der Waals surface area contributed by atoms with Crippen LogP contribution in [0.5, 0.6) is 0 Å². The van der Waals surface area contributed by atoms with E-state index in [0.29, 0.717) is 12.3 Å². The summed E-state index contributed by atoms with van der Waals surface area (Å²) in [5.74, 6) is -0.185. The fourth-order valence-electron chi connectivity index (χ4n) is 2.40. The highest BCUT2D eigenvalue weighted by Gasteiger charge is 2.32. The van der Waals surface area contributed by atoms with Gasteiger partial charge in [0.1, 0.15) is 5.70 Å². The third-order valence-corrected chi connectivity index (χ3v) is 3.23. The minimum atomic E-state index is -0.350. The number of para-hydroxylation sites is 1. The molecule has 2 aliphatic heterocycles. The number of fused-ring (bicyclic) bond motifs is 3. The first kappa shape index (κ1) is 11.0. The van der Waals surface area contributed by atoms with Crippen molar-refractivity contribution < 1.29 is 9.53 Å². The first-order valence-corrected chi connectivity index (χ1v) is 6.08. The van der Waals surface area contributed by atoms with Crippen LogP contribution in [-0.4, -0.2) is 24.8 Å². The Morgan fingerprint density at radius 1 is 1.44 bits per heavy atom. The maximum Gasteiger partial charge on any atom is 0.356 e. The van der Waals surface area contributed by atoms with E-state index < -0.39 is 0 Å². The molecule has 0 saturated heterocycles. The van der Waals surface area contributed by atoms with Gasteiger partial charge < -0.3 is 10.1 Å². The molecule has 2 heterocycles. The van der Waals surface area contributed by atoms with Gasteiger partial charge >= 0.3 is 5.97 Å². The zero-order chi connectivity index (χ0) is 12.5.